The molecule has 0 radical (unpaired) electrons. The van der Waals surface area contributed by atoms with Crippen LogP contribution >= 0.6 is 11.3 Å². The molecule has 1 aromatic heterocycles. The van der Waals surface area contributed by atoms with Gasteiger partial charge in [-0.05, 0) is 17.7 Å². The molecule has 1 aromatic carbocycles. The third-order valence-electron chi connectivity index (χ3n) is 2.65. The third kappa shape index (κ3) is 3.53. The maximum atomic E-state index is 12.6. The smallest absolute Gasteiger partial charge is 0.320 e. The van der Waals surface area contributed by atoms with Crippen molar-refractivity contribution in [2.45, 2.75) is 18.4 Å². The van der Waals surface area contributed by atoms with E-state index in [4.69, 9.17) is 5.73 Å². The standard InChI is InChI=1S/C12H8F6N2S/c13-11(14,15)7-3-1-2-6(4-7)9(19)8-5-20-10(21-8)12(16,17)18/h1-5,9H,19H2. The van der Waals surface area contributed by atoms with Crippen LogP contribution in [0.15, 0.2) is 30.5 Å². The quantitative estimate of drug-likeness (QED) is 0.839. The Balaban J connectivity index is 2.32. The van der Waals surface area contributed by atoms with Crippen LogP contribution in [0.5, 0.6) is 0 Å². The molecule has 2 rings (SSSR count). The minimum Gasteiger partial charge on any atom is -0.320 e. The van der Waals surface area contributed by atoms with Gasteiger partial charge >= 0.3 is 12.4 Å². The monoisotopic (exact) mass is 326 g/mol. The van der Waals surface area contributed by atoms with E-state index >= 15 is 0 Å². The van der Waals surface area contributed by atoms with Gasteiger partial charge in [0.05, 0.1) is 11.6 Å². The van der Waals surface area contributed by atoms with Gasteiger partial charge in [-0.25, -0.2) is 4.98 Å². The first kappa shape index (κ1) is 15.8. The van der Waals surface area contributed by atoms with E-state index in [-0.39, 0.29) is 10.4 Å². The van der Waals surface area contributed by atoms with Gasteiger partial charge in [0.25, 0.3) is 0 Å². The Morgan fingerprint density at radius 2 is 1.71 bits per heavy atom. The SMILES string of the molecule is NC(c1cccc(C(F)(F)F)c1)c1cnc(C(F)(F)F)s1. The van der Waals surface area contributed by atoms with Crippen LogP contribution in [0.1, 0.15) is 27.1 Å². The van der Waals surface area contributed by atoms with Crippen molar-refractivity contribution >= 4 is 11.3 Å². The first-order chi connectivity index (χ1) is 9.59. The van der Waals surface area contributed by atoms with E-state index in [9.17, 15) is 26.3 Å². The highest BCUT2D eigenvalue weighted by Gasteiger charge is 2.35. The number of alkyl halides is 6. The number of benzene rings is 1. The van der Waals surface area contributed by atoms with Crippen molar-refractivity contribution in [3.63, 3.8) is 0 Å². The van der Waals surface area contributed by atoms with Crippen molar-refractivity contribution in [3.05, 3.63) is 51.5 Å². The zero-order valence-corrected chi connectivity index (χ0v) is 11.0. The summed E-state index contributed by atoms with van der Waals surface area (Å²) in [5.41, 5.74) is 4.89. The van der Waals surface area contributed by atoms with Gasteiger partial charge in [-0.3, -0.25) is 0 Å². The molecule has 0 spiro atoms. The van der Waals surface area contributed by atoms with E-state index in [0.717, 1.165) is 24.4 Å². The average Bonchev–Trinajstić information content (AvgIpc) is 2.86. The molecule has 1 unspecified atom stereocenters. The first-order valence-electron chi connectivity index (χ1n) is 5.54. The average molecular weight is 326 g/mol. The van der Waals surface area contributed by atoms with Crippen molar-refractivity contribution in [3.8, 4) is 0 Å². The van der Waals surface area contributed by atoms with E-state index in [1.807, 2.05) is 0 Å². The molecule has 0 saturated carbocycles. The Bertz CT molecular complexity index is 631. The van der Waals surface area contributed by atoms with Gasteiger partial charge in [0.15, 0.2) is 5.01 Å². The zero-order valence-electron chi connectivity index (χ0n) is 10.2. The van der Waals surface area contributed by atoms with Gasteiger partial charge in [0.2, 0.25) is 0 Å². The van der Waals surface area contributed by atoms with Crippen LogP contribution in [-0.2, 0) is 12.4 Å². The van der Waals surface area contributed by atoms with Crippen LogP contribution in [0.4, 0.5) is 26.3 Å². The molecule has 1 atom stereocenters. The van der Waals surface area contributed by atoms with Crippen molar-refractivity contribution in [2.75, 3.05) is 0 Å². The molecule has 0 bridgehead atoms. The Morgan fingerprint density at radius 1 is 1.05 bits per heavy atom. The third-order valence-corrected chi connectivity index (χ3v) is 3.77. The van der Waals surface area contributed by atoms with Gasteiger partial charge in [-0.1, -0.05) is 12.1 Å². The van der Waals surface area contributed by atoms with Crippen LogP contribution < -0.4 is 5.73 Å². The number of aromatic nitrogens is 1. The van der Waals surface area contributed by atoms with Gasteiger partial charge in [-0.15, -0.1) is 11.3 Å². The van der Waals surface area contributed by atoms with E-state index in [1.165, 1.54) is 6.07 Å². The highest BCUT2D eigenvalue weighted by molar-refractivity contribution is 7.11. The lowest BCUT2D eigenvalue weighted by atomic mass is 10.0. The molecule has 0 aliphatic carbocycles. The van der Waals surface area contributed by atoms with Crippen molar-refractivity contribution in [2.24, 2.45) is 5.73 Å². The normalized spacial score (nSPS) is 14.2. The molecule has 21 heavy (non-hydrogen) atoms. The van der Waals surface area contributed by atoms with Gasteiger partial charge in [0, 0.05) is 11.1 Å². The summed E-state index contributed by atoms with van der Waals surface area (Å²) < 4.78 is 75.1. The summed E-state index contributed by atoms with van der Waals surface area (Å²) in [4.78, 5) is 3.24. The minimum absolute atomic E-state index is 0.0432. The Hall–Kier alpha value is -1.61. The molecule has 1 heterocycles. The number of halogens is 6. The summed E-state index contributed by atoms with van der Waals surface area (Å²) in [6.07, 6.45) is -8.21. The maximum Gasteiger partial charge on any atom is 0.443 e. The summed E-state index contributed by atoms with van der Waals surface area (Å²) in [7, 11) is 0. The second-order valence-electron chi connectivity index (χ2n) is 4.17. The highest BCUT2D eigenvalue weighted by atomic mass is 32.1. The number of thiazole rings is 1. The molecule has 0 amide bonds. The summed E-state index contributed by atoms with van der Waals surface area (Å²) in [6, 6.07) is 3.07. The second-order valence-corrected chi connectivity index (χ2v) is 5.23. The molecule has 2 aromatic rings. The van der Waals surface area contributed by atoms with Gasteiger partial charge in [0.1, 0.15) is 0 Å². The molecule has 2 nitrogen and oxygen atoms in total. The molecule has 9 heteroatoms. The number of nitrogens with zero attached hydrogens (tertiary/aromatic N) is 1. The Kier molecular flexibility index (Phi) is 3.98. The Labute approximate surface area is 119 Å². The Morgan fingerprint density at radius 3 is 2.24 bits per heavy atom. The second kappa shape index (κ2) is 5.30. The molecule has 0 saturated heterocycles. The summed E-state index contributed by atoms with van der Waals surface area (Å²) in [5.74, 6) is 0. The van der Waals surface area contributed by atoms with Crippen LogP contribution in [-0.4, -0.2) is 4.98 Å². The lowest BCUT2D eigenvalue weighted by Gasteiger charge is -2.13. The predicted octanol–water partition coefficient (Wildman–Crippen LogP) is 4.23. The first-order valence-corrected chi connectivity index (χ1v) is 6.36. The van der Waals surface area contributed by atoms with E-state index in [2.05, 4.69) is 4.98 Å². The predicted molar refractivity (Wildman–Crippen MR) is 64.6 cm³/mol. The molecule has 0 aliphatic rings. The summed E-state index contributed by atoms with van der Waals surface area (Å²) >= 11 is 0.314. The van der Waals surface area contributed by atoms with Gasteiger partial charge < -0.3 is 5.73 Å². The van der Waals surface area contributed by atoms with Crippen molar-refractivity contribution in [1.29, 1.82) is 0 Å². The molecule has 0 aliphatic heterocycles. The zero-order chi connectivity index (χ0) is 15.8. The maximum absolute atomic E-state index is 12.6. The van der Waals surface area contributed by atoms with E-state index in [0.29, 0.717) is 11.3 Å². The number of rotatable bonds is 2. The number of nitrogens with two attached hydrogens (primary N) is 1. The van der Waals surface area contributed by atoms with Crippen LogP contribution in [0, 0.1) is 0 Å². The fourth-order valence-electron chi connectivity index (χ4n) is 1.63. The van der Waals surface area contributed by atoms with Crippen LogP contribution in [0.3, 0.4) is 0 Å². The van der Waals surface area contributed by atoms with E-state index in [1.54, 1.807) is 0 Å². The molecule has 0 fully saturated rings. The van der Waals surface area contributed by atoms with Gasteiger partial charge in [-0.2, -0.15) is 26.3 Å². The highest BCUT2D eigenvalue weighted by Crippen LogP contribution is 2.36. The molecule has 2 N–H and O–H groups in total. The molecular weight excluding hydrogens is 318 g/mol. The fourth-order valence-corrected chi connectivity index (χ4v) is 2.45. The number of hydrogen-bond donors (Lipinski definition) is 1. The molecule has 114 valence electrons. The largest absolute Gasteiger partial charge is 0.443 e. The minimum atomic E-state index is -4.60. The lowest BCUT2D eigenvalue weighted by Crippen LogP contribution is -2.12. The summed E-state index contributed by atoms with van der Waals surface area (Å²) in [5, 5.41) is -1.08. The lowest BCUT2D eigenvalue weighted by molar-refractivity contribution is -0.138. The molecular formula is C12H8F6N2S. The number of hydrogen-bond acceptors (Lipinski definition) is 3. The van der Waals surface area contributed by atoms with Crippen molar-refractivity contribution in [1.82, 2.24) is 4.98 Å². The van der Waals surface area contributed by atoms with Crippen LogP contribution in [0.25, 0.3) is 0 Å². The topological polar surface area (TPSA) is 38.9 Å². The summed E-state index contributed by atoms with van der Waals surface area (Å²) in [6.45, 7) is 0. The van der Waals surface area contributed by atoms with Crippen molar-refractivity contribution < 1.29 is 26.3 Å². The van der Waals surface area contributed by atoms with Crippen LogP contribution in [0.2, 0.25) is 0 Å². The van der Waals surface area contributed by atoms with E-state index < -0.39 is 29.0 Å². The fraction of sp³-hybridized carbons (Fsp3) is 0.250.